The van der Waals surface area contributed by atoms with Crippen molar-refractivity contribution in [2.45, 2.75) is 5.16 Å². The SMILES string of the molecule is CSc1nc(-c2ccccc2)cn1/N=C/c1ccccc1. The molecule has 3 aromatic rings. The Kier molecular flexibility index (Phi) is 4.17. The molecule has 1 aromatic heterocycles. The van der Waals surface area contributed by atoms with Crippen molar-refractivity contribution in [3.63, 3.8) is 0 Å². The predicted octanol–water partition coefficient (Wildman–Crippen LogP) is 4.15. The second kappa shape index (κ2) is 6.41. The van der Waals surface area contributed by atoms with Crippen LogP contribution < -0.4 is 0 Å². The Morgan fingerprint density at radius 2 is 1.67 bits per heavy atom. The molecule has 0 atom stereocenters. The Labute approximate surface area is 128 Å². The number of aromatic nitrogens is 2. The lowest BCUT2D eigenvalue weighted by Crippen LogP contribution is -1.90. The first-order valence-electron chi connectivity index (χ1n) is 6.65. The summed E-state index contributed by atoms with van der Waals surface area (Å²) in [6.45, 7) is 0. The van der Waals surface area contributed by atoms with Crippen LogP contribution in [0.3, 0.4) is 0 Å². The molecule has 3 rings (SSSR count). The van der Waals surface area contributed by atoms with E-state index in [2.05, 4.69) is 22.2 Å². The highest BCUT2D eigenvalue weighted by atomic mass is 32.2. The minimum absolute atomic E-state index is 0.876. The number of hydrogen-bond acceptors (Lipinski definition) is 3. The fourth-order valence-corrected chi connectivity index (χ4v) is 2.47. The number of nitrogens with zero attached hydrogens (tertiary/aromatic N) is 3. The van der Waals surface area contributed by atoms with Gasteiger partial charge >= 0.3 is 0 Å². The van der Waals surface area contributed by atoms with Gasteiger partial charge in [-0.15, -0.1) is 0 Å². The molecule has 0 aliphatic carbocycles. The van der Waals surface area contributed by atoms with E-state index in [1.54, 1.807) is 11.8 Å². The summed E-state index contributed by atoms with van der Waals surface area (Å²) in [5.41, 5.74) is 3.10. The molecule has 0 aliphatic heterocycles. The Bertz CT molecular complexity index is 733. The van der Waals surface area contributed by atoms with E-state index in [4.69, 9.17) is 0 Å². The number of rotatable bonds is 4. The maximum absolute atomic E-state index is 4.62. The van der Waals surface area contributed by atoms with Gasteiger partial charge in [0.1, 0.15) is 0 Å². The molecule has 3 nitrogen and oxygen atoms in total. The van der Waals surface area contributed by atoms with Gasteiger partial charge in [0.25, 0.3) is 0 Å². The Morgan fingerprint density at radius 3 is 2.33 bits per heavy atom. The van der Waals surface area contributed by atoms with Crippen LogP contribution in [0.1, 0.15) is 5.56 Å². The maximum atomic E-state index is 4.62. The van der Waals surface area contributed by atoms with E-state index in [1.807, 2.05) is 71.9 Å². The molecule has 0 saturated heterocycles. The zero-order chi connectivity index (χ0) is 14.5. The molecular formula is C17H15N3S. The summed E-state index contributed by atoms with van der Waals surface area (Å²) in [6.07, 6.45) is 5.81. The first kappa shape index (κ1) is 13.6. The van der Waals surface area contributed by atoms with E-state index < -0.39 is 0 Å². The third-order valence-corrected chi connectivity index (χ3v) is 3.68. The topological polar surface area (TPSA) is 30.2 Å². The molecule has 0 amide bonds. The van der Waals surface area contributed by atoms with Crippen LogP contribution in [0.5, 0.6) is 0 Å². The molecule has 0 N–H and O–H groups in total. The van der Waals surface area contributed by atoms with Crippen molar-refractivity contribution in [1.82, 2.24) is 9.66 Å². The van der Waals surface area contributed by atoms with Crippen LogP contribution in [0.2, 0.25) is 0 Å². The monoisotopic (exact) mass is 293 g/mol. The molecule has 21 heavy (non-hydrogen) atoms. The summed E-state index contributed by atoms with van der Waals surface area (Å²) in [6, 6.07) is 20.2. The van der Waals surface area contributed by atoms with E-state index in [-0.39, 0.29) is 0 Å². The van der Waals surface area contributed by atoms with E-state index in [9.17, 15) is 0 Å². The van der Waals surface area contributed by atoms with Crippen LogP contribution >= 0.6 is 11.8 Å². The molecule has 0 aliphatic rings. The van der Waals surface area contributed by atoms with Crippen LogP contribution in [0.4, 0.5) is 0 Å². The standard InChI is InChI=1S/C17H15N3S/c1-21-17-19-16(15-10-6-3-7-11-15)13-20(17)18-12-14-8-4-2-5-9-14/h2-13H,1H3/b18-12+. The second-order valence-electron chi connectivity index (χ2n) is 4.48. The fourth-order valence-electron chi connectivity index (χ4n) is 1.99. The van der Waals surface area contributed by atoms with Gasteiger partial charge in [0.2, 0.25) is 0 Å². The van der Waals surface area contributed by atoms with Gasteiger partial charge in [-0.25, -0.2) is 9.66 Å². The van der Waals surface area contributed by atoms with Crippen molar-refractivity contribution in [3.8, 4) is 11.3 Å². The average molecular weight is 293 g/mol. The molecule has 1 heterocycles. The summed E-state index contributed by atoms with van der Waals surface area (Å²) in [5, 5.41) is 5.38. The summed E-state index contributed by atoms with van der Waals surface area (Å²) >= 11 is 1.58. The quantitative estimate of drug-likeness (QED) is 0.534. The summed E-state index contributed by atoms with van der Waals surface area (Å²) in [5.74, 6) is 0. The highest BCUT2D eigenvalue weighted by Gasteiger charge is 2.07. The van der Waals surface area contributed by atoms with E-state index in [0.717, 1.165) is 22.0 Å². The molecule has 2 aromatic carbocycles. The molecule has 104 valence electrons. The van der Waals surface area contributed by atoms with Gasteiger partial charge in [-0.2, -0.15) is 5.10 Å². The highest BCUT2D eigenvalue weighted by Crippen LogP contribution is 2.22. The molecule has 4 heteroatoms. The van der Waals surface area contributed by atoms with Crippen molar-refractivity contribution in [3.05, 3.63) is 72.4 Å². The number of imidazole rings is 1. The summed E-state index contributed by atoms with van der Waals surface area (Å²) < 4.78 is 1.82. The Morgan fingerprint density at radius 1 is 1.00 bits per heavy atom. The zero-order valence-electron chi connectivity index (χ0n) is 11.7. The first-order valence-corrected chi connectivity index (χ1v) is 7.87. The van der Waals surface area contributed by atoms with Crippen molar-refractivity contribution in [1.29, 1.82) is 0 Å². The zero-order valence-corrected chi connectivity index (χ0v) is 12.5. The molecule has 0 unspecified atom stereocenters. The number of benzene rings is 2. The predicted molar refractivity (Wildman–Crippen MR) is 88.9 cm³/mol. The van der Waals surface area contributed by atoms with Gasteiger partial charge < -0.3 is 0 Å². The van der Waals surface area contributed by atoms with Gasteiger partial charge in [-0.3, -0.25) is 0 Å². The van der Waals surface area contributed by atoms with Gasteiger partial charge in [-0.05, 0) is 11.8 Å². The number of hydrogen-bond donors (Lipinski definition) is 0. The smallest absolute Gasteiger partial charge is 0.189 e. The van der Waals surface area contributed by atoms with Gasteiger partial charge in [0, 0.05) is 5.56 Å². The molecule has 0 spiro atoms. The van der Waals surface area contributed by atoms with Crippen LogP contribution in [-0.4, -0.2) is 22.1 Å². The minimum atomic E-state index is 0.876. The van der Waals surface area contributed by atoms with Gasteiger partial charge in [-0.1, -0.05) is 72.4 Å². The minimum Gasteiger partial charge on any atom is -0.221 e. The van der Waals surface area contributed by atoms with Crippen LogP contribution in [-0.2, 0) is 0 Å². The Balaban J connectivity index is 1.92. The van der Waals surface area contributed by atoms with Crippen molar-refractivity contribution < 1.29 is 0 Å². The molecule has 0 fully saturated rings. The van der Waals surface area contributed by atoms with Crippen molar-refractivity contribution in [2.75, 3.05) is 6.26 Å². The van der Waals surface area contributed by atoms with Gasteiger partial charge in [0.05, 0.1) is 18.1 Å². The Hall–Kier alpha value is -2.33. The fraction of sp³-hybridized carbons (Fsp3) is 0.0588. The van der Waals surface area contributed by atoms with Gasteiger partial charge in [0.15, 0.2) is 5.16 Å². The average Bonchev–Trinajstić information content (AvgIpc) is 2.98. The summed E-state index contributed by atoms with van der Waals surface area (Å²) in [4.78, 5) is 4.62. The first-order chi connectivity index (χ1) is 10.4. The highest BCUT2D eigenvalue weighted by molar-refractivity contribution is 7.98. The third kappa shape index (κ3) is 3.23. The second-order valence-corrected chi connectivity index (χ2v) is 5.25. The van der Waals surface area contributed by atoms with E-state index >= 15 is 0 Å². The molecule has 0 bridgehead atoms. The maximum Gasteiger partial charge on any atom is 0.189 e. The molecule has 0 radical (unpaired) electrons. The molecule has 0 saturated carbocycles. The third-order valence-electron chi connectivity index (χ3n) is 3.04. The molecular weight excluding hydrogens is 278 g/mol. The lowest BCUT2D eigenvalue weighted by atomic mass is 10.2. The van der Waals surface area contributed by atoms with Crippen molar-refractivity contribution in [2.24, 2.45) is 5.10 Å². The lowest BCUT2D eigenvalue weighted by Gasteiger charge is -1.96. The van der Waals surface area contributed by atoms with Crippen molar-refractivity contribution >= 4 is 18.0 Å². The van der Waals surface area contributed by atoms with E-state index in [0.29, 0.717) is 0 Å². The lowest BCUT2D eigenvalue weighted by molar-refractivity contribution is 0.769. The normalized spacial score (nSPS) is 11.1. The van der Waals surface area contributed by atoms with E-state index in [1.165, 1.54) is 0 Å². The number of thioether (sulfide) groups is 1. The van der Waals surface area contributed by atoms with Crippen LogP contribution in [0, 0.1) is 0 Å². The summed E-state index contributed by atoms with van der Waals surface area (Å²) in [7, 11) is 0. The largest absolute Gasteiger partial charge is 0.221 e. The van der Waals surface area contributed by atoms with Crippen LogP contribution in [0.15, 0.2) is 77.1 Å². The van der Waals surface area contributed by atoms with Crippen LogP contribution in [0.25, 0.3) is 11.3 Å².